The standard InChI is InChI=1S/C12H12IN3O4/c13-10-3-2-8(16(19)20)5-9(10)12(18)14-6-7-1-4-11(17)15-7/h2-3,5,7H,1,4,6H2,(H,14,18)(H,15,17). The summed E-state index contributed by atoms with van der Waals surface area (Å²) in [5, 5.41) is 16.1. The summed E-state index contributed by atoms with van der Waals surface area (Å²) in [6, 6.07) is 4.08. The van der Waals surface area contributed by atoms with Crippen LogP contribution in [0.25, 0.3) is 0 Å². The van der Waals surface area contributed by atoms with E-state index in [9.17, 15) is 19.7 Å². The first-order chi connectivity index (χ1) is 9.47. The maximum Gasteiger partial charge on any atom is 0.270 e. The van der Waals surface area contributed by atoms with Crippen molar-refractivity contribution < 1.29 is 14.5 Å². The maximum absolute atomic E-state index is 12.0. The molecule has 7 nitrogen and oxygen atoms in total. The summed E-state index contributed by atoms with van der Waals surface area (Å²) in [7, 11) is 0. The smallest absolute Gasteiger partial charge is 0.270 e. The van der Waals surface area contributed by atoms with Gasteiger partial charge < -0.3 is 10.6 Å². The summed E-state index contributed by atoms with van der Waals surface area (Å²) in [5.41, 5.74) is 0.147. The Balaban J connectivity index is 2.03. The van der Waals surface area contributed by atoms with Crippen molar-refractivity contribution in [2.24, 2.45) is 0 Å². The number of carbonyl (C=O) groups is 2. The van der Waals surface area contributed by atoms with Gasteiger partial charge in [0.05, 0.1) is 10.5 Å². The number of nitro benzene ring substituents is 1. The molecule has 1 aromatic rings. The number of carbonyl (C=O) groups excluding carboxylic acids is 2. The van der Waals surface area contributed by atoms with Crippen LogP contribution >= 0.6 is 22.6 Å². The highest BCUT2D eigenvalue weighted by atomic mass is 127. The van der Waals surface area contributed by atoms with Crippen LogP contribution in [0.2, 0.25) is 0 Å². The second-order valence-corrected chi connectivity index (χ2v) is 5.60. The lowest BCUT2D eigenvalue weighted by Gasteiger charge is -2.12. The van der Waals surface area contributed by atoms with Crippen molar-refractivity contribution >= 4 is 40.1 Å². The molecule has 1 aromatic carbocycles. The Kier molecular flexibility index (Phi) is 4.53. The molecule has 106 valence electrons. The Bertz CT molecular complexity index is 576. The van der Waals surface area contributed by atoms with Crippen LogP contribution in [0.4, 0.5) is 5.69 Å². The molecule has 1 aliphatic heterocycles. The Morgan fingerprint density at radius 2 is 2.30 bits per heavy atom. The maximum atomic E-state index is 12.0. The first-order valence-electron chi connectivity index (χ1n) is 5.99. The highest BCUT2D eigenvalue weighted by molar-refractivity contribution is 14.1. The van der Waals surface area contributed by atoms with Crippen molar-refractivity contribution in [2.75, 3.05) is 6.54 Å². The molecule has 2 N–H and O–H groups in total. The zero-order valence-corrected chi connectivity index (χ0v) is 12.5. The predicted molar refractivity (Wildman–Crippen MR) is 79.3 cm³/mol. The van der Waals surface area contributed by atoms with Crippen molar-refractivity contribution in [2.45, 2.75) is 18.9 Å². The number of benzene rings is 1. The van der Waals surface area contributed by atoms with Gasteiger partial charge in [0.2, 0.25) is 5.91 Å². The number of halogens is 1. The van der Waals surface area contributed by atoms with E-state index in [4.69, 9.17) is 0 Å². The van der Waals surface area contributed by atoms with Gasteiger partial charge >= 0.3 is 0 Å². The van der Waals surface area contributed by atoms with Crippen LogP contribution in [0.5, 0.6) is 0 Å². The Hall–Kier alpha value is -1.71. The largest absolute Gasteiger partial charge is 0.352 e. The second kappa shape index (κ2) is 6.16. The van der Waals surface area contributed by atoms with Gasteiger partial charge in [-0.2, -0.15) is 0 Å². The first-order valence-corrected chi connectivity index (χ1v) is 7.07. The molecule has 0 aliphatic carbocycles. The van der Waals surface area contributed by atoms with Crippen molar-refractivity contribution in [1.82, 2.24) is 10.6 Å². The number of hydrogen-bond acceptors (Lipinski definition) is 4. The van der Waals surface area contributed by atoms with Gasteiger partial charge in [0.25, 0.3) is 11.6 Å². The fraction of sp³-hybridized carbons (Fsp3) is 0.333. The SMILES string of the molecule is O=C1CCC(CNC(=O)c2cc([N+](=O)[O-])ccc2I)N1. The fourth-order valence-corrected chi connectivity index (χ4v) is 2.52. The summed E-state index contributed by atoms with van der Waals surface area (Å²) < 4.78 is 0.640. The molecule has 1 saturated heterocycles. The molecule has 8 heteroatoms. The van der Waals surface area contributed by atoms with E-state index in [0.717, 1.165) is 0 Å². The molecule has 1 heterocycles. The van der Waals surface area contributed by atoms with Crippen LogP contribution in [0.15, 0.2) is 18.2 Å². The number of hydrogen-bond donors (Lipinski definition) is 2. The van der Waals surface area contributed by atoms with Gasteiger partial charge in [-0.3, -0.25) is 19.7 Å². The zero-order chi connectivity index (χ0) is 14.7. The molecule has 2 rings (SSSR count). The molecule has 1 aliphatic rings. The molecule has 20 heavy (non-hydrogen) atoms. The summed E-state index contributed by atoms with van der Waals surface area (Å²) in [6.45, 7) is 0.323. The van der Waals surface area contributed by atoms with Crippen LogP contribution in [0.1, 0.15) is 23.2 Å². The molecule has 0 spiro atoms. The quantitative estimate of drug-likeness (QED) is 0.459. The summed E-state index contributed by atoms with van der Waals surface area (Å²) in [4.78, 5) is 33.2. The third-order valence-electron chi connectivity index (χ3n) is 3.00. The van der Waals surface area contributed by atoms with Gasteiger partial charge in [0, 0.05) is 34.7 Å². The Morgan fingerprint density at radius 3 is 2.90 bits per heavy atom. The second-order valence-electron chi connectivity index (χ2n) is 4.43. The number of amides is 2. The van der Waals surface area contributed by atoms with E-state index < -0.39 is 4.92 Å². The minimum Gasteiger partial charge on any atom is -0.352 e. The monoisotopic (exact) mass is 389 g/mol. The molecule has 1 fully saturated rings. The van der Waals surface area contributed by atoms with E-state index in [1.54, 1.807) is 0 Å². The van der Waals surface area contributed by atoms with Gasteiger partial charge in [-0.1, -0.05) is 0 Å². The predicted octanol–water partition coefficient (Wildman–Crippen LogP) is 1.21. The minimum atomic E-state index is -0.538. The molecular weight excluding hydrogens is 377 g/mol. The van der Waals surface area contributed by atoms with E-state index in [-0.39, 0.29) is 29.1 Å². The molecular formula is C12H12IN3O4. The van der Waals surface area contributed by atoms with Crippen molar-refractivity contribution in [3.63, 3.8) is 0 Å². The highest BCUT2D eigenvalue weighted by Gasteiger charge is 2.22. The molecule has 1 atom stereocenters. The summed E-state index contributed by atoms with van der Waals surface area (Å²) in [5.74, 6) is -0.395. The van der Waals surface area contributed by atoms with Gasteiger partial charge in [-0.05, 0) is 35.1 Å². The Labute approximate surface area is 128 Å². The van der Waals surface area contributed by atoms with E-state index >= 15 is 0 Å². The van der Waals surface area contributed by atoms with Crippen LogP contribution < -0.4 is 10.6 Å². The van der Waals surface area contributed by atoms with Crippen LogP contribution in [0, 0.1) is 13.7 Å². The van der Waals surface area contributed by atoms with Gasteiger partial charge in [0.15, 0.2) is 0 Å². The average molecular weight is 389 g/mol. The summed E-state index contributed by atoms with van der Waals surface area (Å²) >= 11 is 1.95. The third kappa shape index (κ3) is 3.44. The fourth-order valence-electron chi connectivity index (χ4n) is 1.94. The molecule has 0 radical (unpaired) electrons. The van der Waals surface area contributed by atoms with Crippen molar-refractivity contribution in [3.8, 4) is 0 Å². The van der Waals surface area contributed by atoms with Crippen LogP contribution in [0.3, 0.4) is 0 Å². The number of non-ortho nitro benzene ring substituents is 1. The lowest BCUT2D eigenvalue weighted by Crippen LogP contribution is -2.38. The lowest BCUT2D eigenvalue weighted by atomic mass is 10.1. The highest BCUT2D eigenvalue weighted by Crippen LogP contribution is 2.19. The van der Waals surface area contributed by atoms with E-state index in [0.29, 0.717) is 23.0 Å². The number of rotatable bonds is 4. The molecule has 0 saturated carbocycles. The van der Waals surface area contributed by atoms with Crippen LogP contribution in [-0.4, -0.2) is 29.3 Å². The van der Waals surface area contributed by atoms with Gasteiger partial charge in [-0.25, -0.2) is 0 Å². The van der Waals surface area contributed by atoms with Crippen LogP contribution in [-0.2, 0) is 4.79 Å². The van der Waals surface area contributed by atoms with Gasteiger partial charge in [0.1, 0.15) is 0 Å². The number of nitrogens with zero attached hydrogens (tertiary/aromatic N) is 1. The topological polar surface area (TPSA) is 101 Å². The first kappa shape index (κ1) is 14.7. The molecule has 0 bridgehead atoms. The van der Waals surface area contributed by atoms with E-state index in [1.165, 1.54) is 18.2 Å². The van der Waals surface area contributed by atoms with Crippen molar-refractivity contribution in [3.05, 3.63) is 37.4 Å². The number of nitrogens with one attached hydrogen (secondary N) is 2. The number of nitro groups is 1. The third-order valence-corrected chi connectivity index (χ3v) is 3.94. The Morgan fingerprint density at radius 1 is 1.55 bits per heavy atom. The molecule has 2 amide bonds. The normalized spacial score (nSPS) is 17.6. The average Bonchev–Trinajstić information content (AvgIpc) is 2.82. The molecule has 0 aromatic heterocycles. The zero-order valence-electron chi connectivity index (χ0n) is 10.4. The van der Waals surface area contributed by atoms with E-state index in [1.807, 2.05) is 22.6 Å². The lowest BCUT2D eigenvalue weighted by molar-refractivity contribution is -0.384. The van der Waals surface area contributed by atoms with Gasteiger partial charge in [-0.15, -0.1) is 0 Å². The molecule has 1 unspecified atom stereocenters. The minimum absolute atomic E-state index is 0.0193. The van der Waals surface area contributed by atoms with Crippen molar-refractivity contribution in [1.29, 1.82) is 0 Å². The summed E-state index contributed by atoms with van der Waals surface area (Å²) in [6.07, 6.45) is 1.15. The van der Waals surface area contributed by atoms with E-state index in [2.05, 4.69) is 10.6 Å².